The number of carbonyl (C=O) groups is 2. The molecule has 0 unspecified atom stereocenters. The van der Waals surface area contributed by atoms with Gasteiger partial charge in [0.05, 0.1) is 6.04 Å². The minimum atomic E-state index is -0.699. The number of aromatic nitrogens is 2. The minimum Gasteiger partial charge on any atom is -0.446 e. The second-order valence-electron chi connectivity index (χ2n) is 6.87. The van der Waals surface area contributed by atoms with Gasteiger partial charge in [-0.1, -0.05) is 30.3 Å². The molecule has 0 radical (unpaired) electrons. The number of hydrogen-bond acceptors (Lipinski definition) is 7. The maximum Gasteiger partial charge on any atom is 0.273 e. The second-order valence-corrected chi connectivity index (χ2v) is 6.87. The Bertz CT molecular complexity index is 991. The molecule has 1 saturated heterocycles. The molecule has 2 aromatic heterocycles. The molecule has 3 heterocycles. The van der Waals surface area contributed by atoms with Crippen molar-refractivity contribution < 1.29 is 18.4 Å². The minimum absolute atomic E-state index is 0.00309. The zero-order chi connectivity index (χ0) is 20.2. The van der Waals surface area contributed by atoms with Crippen molar-refractivity contribution >= 4 is 11.8 Å². The van der Waals surface area contributed by atoms with Crippen LogP contribution in [0.3, 0.4) is 0 Å². The average molecular weight is 395 g/mol. The molecule has 9 nitrogen and oxygen atoms in total. The summed E-state index contributed by atoms with van der Waals surface area (Å²) in [4.78, 5) is 32.5. The summed E-state index contributed by atoms with van der Waals surface area (Å²) in [5, 5.41) is 6.15. The Balaban J connectivity index is 1.53. The third-order valence-corrected chi connectivity index (χ3v) is 4.77. The quantitative estimate of drug-likeness (QED) is 0.556. The lowest BCUT2D eigenvalue weighted by molar-refractivity contribution is 0.0924. The van der Waals surface area contributed by atoms with E-state index in [2.05, 4.69) is 20.6 Å². The summed E-state index contributed by atoms with van der Waals surface area (Å²) in [6.07, 6.45) is 4.90. The second kappa shape index (κ2) is 8.27. The van der Waals surface area contributed by atoms with Gasteiger partial charge >= 0.3 is 0 Å². The Morgan fingerprint density at radius 2 is 1.97 bits per heavy atom. The van der Waals surface area contributed by atoms with Gasteiger partial charge in [0.1, 0.15) is 18.6 Å². The van der Waals surface area contributed by atoms with Gasteiger partial charge in [0.2, 0.25) is 11.8 Å². The molecule has 0 aliphatic carbocycles. The fraction of sp³-hybridized carbons (Fsp3) is 0.300. The van der Waals surface area contributed by atoms with Gasteiger partial charge in [0, 0.05) is 6.42 Å². The van der Waals surface area contributed by atoms with E-state index in [1.807, 2.05) is 30.3 Å². The van der Waals surface area contributed by atoms with E-state index in [9.17, 15) is 9.59 Å². The number of hydrogen-bond donors (Lipinski definition) is 3. The van der Waals surface area contributed by atoms with Crippen molar-refractivity contribution in [2.75, 3.05) is 6.54 Å². The van der Waals surface area contributed by atoms with E-state index in [0.29, 0.717) is 12.3 Å². The molecule has 1 aliphatic rings. The molecular formula is C20H21N5O4. The van der Waals surface area contributed by atoms with Crippen LogP contribution in [0, 0.1) is 0 Å². The van der Waals surface area contributed by atoms with Crippen LogP contribution in [-0.2, 0) is 6.42 Å². The Labute approximate surface area is 166 Å². The number of nitrogens with two attached hydrogens (primary N) is 1. The fourth-order valence-corrected chi connectivity index (χ4v) is 3.29. The summed E-state index contributed by atoms with van der Waals surface area (Å²) >= 11 is 0. The smallest absolute Gasteiger partial charge is 0.273 e. The van der Waals surface area contributed by atoms with Crippen LogP contribution in [0.1, 0.15) is 63.2 Å². The van der Waals surface area contributed by atoms with Crippen molar-refractivity contribution in [3.63, 3.8) is 0 Å². The monoisotopic (exact) mass is 395 g/mol. The summed E-state index contributed by atoms with van der Waals surface area (Å²) in [6.45, 7) is 0.903. The van der Waals surface area contributed by atoms with Crippen LogP contribution in [0.2, 0.25) is 0 Å². The highest BCUT2D eigenvalue weighted by Gasteiger charge is 2.26. The Morgan fingerprint density at radius 1 is 1.17 bits per heavy atom. The molecule has 2 amide bonds. The number of rotatable bonds is 7. The molecular weight excluding hydrogens is 374 g/mol. The lowest BCUT2D eigenvalue weighted by Crippen LogP contribution is -2.30. The van der Waals surface area contributed by atoms with Crippen LogP contribution >= 0.6 is 0 Å². The largest absolute Gasteiger partial charge is 0.446 e. The summed E-state index contributed by atoms with van der Waals surface area (Å²) in [5.41, 5.74) is 6.40. The lowest BCUT2D eigenvalue weighted by Gasteiger charge is -2.15. The van der Waals surface area contributed by atoms with Gasteiger partial charge in [0.15, 0.2) is 11.4 Å². The third kappa shape index (κ3) is 4.35. The topological polar surface area (TPSA) is 136 Å². The summed E-state index contributed by atoms with van der Waals surface area (Å²) < 4.78 is 10.9. The maximum absolute atomic E-state index is 12.8. The number of benzene rings is 1. The zero-order valence-corrected chi connectivity index (χ0v) is 15.6. The van der Waals surface area contributed by atoms with E-state index >= 15 is 0 Å². The highest BCUT2D eigenvalue weighted by atomic mass is 16.3. The number of oxazole rings is 2. The van der Waals surface area contributed by atoms with Gasteiger partial charge in [-0.3, -0.25) is 9.59 Å². The molecule has 3 aromatic rings. The standard InChI is InChI=1S/C20H21N5O4/c21-17(26)15-10-28-20(24-15)14(9-12-5-2-1-3-6-12)23-18(27)16-11-29-19(25-16)13-7-4-8-22-13/h1-3,5-6,10-11,13-14,22H,4,7-9H2,(H2,21,26)(H,23,27)/t13-,14-/m0/s1. The average Bonchev–Trinajstić information content (AvgIpc) is 3.49. The van der Waals surface area contributed by atoms with Crippen LogP contribution in [0.5, 0.6) is 0 Å². The summed E-state index contributed by atoms with van der Waals surface area (Å²) in [5.74, 6) is -0.427. The first-order valence-electron chi connectivity index (χ1n) is 9.39. The molecule has 0 bridgehead atoms. The van der Waals surface area contributed by atoms with Crippen LogP contribution < -0.4 is 16.4 Å². The van der Waals surface area contributed by atoms with Gasteiger partial charge < -0.3 is 25.2 Å². The number of nitrogens with one attached hydrogen (secondary N) is 2. The number of carbonyl (C=O) groups excluding carboxylic acids is 2. The molecule has 150 valence electrons. The Hall–Kier alpha value is -3.46. The highest BCUT2D eigenvalue weighted by molar-refractivity contribution is 5.92. The van der Waals surface area contributed by atoms with Crippen molar-refractivity contribution in [3.8, 4) is 0 Å². The molecule has 0 spiro atoms. The SMILES string of the molecule is NC(=O)c1coc([C@H](Cc2ccccc2)NC(=O)c2coc([C@@H]3CCCN3)n2)n1. The van der Waals surface area contributed by atoms with E-state index in [1.165, 1.54) is 12.5 Å². The predicted molar refractivity (Wildman–Crippen MR) is 102 cm³/mol. The van der Waals surface area contributed by atoms with E-state index < -0.39 is 17.9 Å². The van der Waals surface area contributed by atoms with Gasteiger partial charge in [-0.2, -0.15) is 0 Å². The summed E-state index contributed by atoms with van der Waals surface area (Å²) in [6, 6.07) is 8.98. The normalized spacial score (nSPS) is 17.2. The molecule has 1 aliphatic heterocycles. The van der Waals surface area contributed by atoms with E-state index in [4.69, 9.17) is 14.6 Å². The van der Waals surface area contributed by atoms with Crippen LogP contribution in [-0.4, -0.2) is 28.3 Å². The Morgan fingerprint density at radius 3 is 2.66 bits per heavy atom. The van der Waals surface area contributed by atoms with Crippen LogP contribution in [0.4, 0.5) is 0 Å². The van der Waals surface area contributed by atoms with E-state index in [1.54, 1.807) is 0 Å². The summed E-state index contributed by atoms with van der Waals surface area (Å²) in [7, 11) is 0. The molecule has 9 heteroatoms. The molecule has 0 saturated carbocycles. The number of amides is 2. The first-order valence-corrected chi connectivity index (χ1v) is 9.39. The zero-order valence-electron chi connectivity index (χ0n) is 15.6. The van der Waals surface area contributed by atoms with Crippen molar-refractivity contribution in [2.24, 2.45) is 5.73 Å². The maximum atomic E-state index is 12.8. The fourth-order valence-electron chi connectivity index (χ4n) is 3.29. The van der Waals surface area contributed by atoms with E-state index in [0.717, 1.165) is 24.9 Å². The molecule has 1 aromatic carbocycles. The molecule has 29 heavy (non-hydrogen) atoms. The van der Waals surface area contributed by atoms with Crippen molar-refractivity contribution in [1.82, 2.24) is 20.6 Å². The molecule has 2 atom stereocenters. The van der Waals surface area contributed by atoms with E-state index in [-0.39, 0.29) is 23.3 Å². The number of nitrogens with zero attached hydrogens (tertiary/aromatic N) is 2. The van der Waals surface area contributed by atoms with Gasteiger partial charge in [-0.25, -0.2) is 9.97 Å². The third-order valence-electron chi connectivity index (χ3n) is 4.77. The first kappa shape index (κ1) is 18.9. The predicted octanol–water partition coefficient (Wildman–Crippen LogP) is 1.90. The van der Waals surface area contributed by atoms with Crippen LogP contribution in [0.25, 0.3) is 0 Å². The van der Waals surface area contributed by atoms with Crippen LogP contribution in [0.15, 0.2) is 51.7 Å². The van der Waals surface area contributed by atoms with Gasteiger partial charge in [0.25, 0.3) is 11.8 Å². The van der Waals surface area contributed by atoms with Gasteiger partial charge in [-0.05, 0) is 24.9 Å². The first-order chi connectivity index (χ1) is 14.1. The molecule has 4 N–H and O–H groups in total. The Kier molecular flexibility index (Phi) is 5.39. The lowest BCUT2D eigenvalue weighted by atomic mass is 10.1. The molecule has 1 fully saturated rings. The van der Waals surface area contributed by atoms with Gasteiger partial charge in [-0.15, -0.1) is 0 Å². The molecule has 4 rings (SSSR count). The highest BCUT2D eigenvalue weighted by Crippen LogP contribution is 2.23. The van der Waals surface area contributed by atoms with Crippen molar-refractivity contribution in [3.05, 3.63) is 71.6 Å². The van der Waals surface area contributed by atoms with Crippen molar-refractivity contribution in [1.29, 1.82) is 0 Å². The van der Waals surface area contributed by atoms with Crippen molar-refractivity contribution in [2.45, 2.75) is 31.3 Å². The number of primary amides is 1.